The fourth-order valence-corrected chi connectivity index (χ4v) is 2.25. The van der Waals surface area contributed by atoms with Gasteiger partial charge in [-0.15, -0.1) is 0 Å². The Morgan fingerprint density at radius 1 is 1.45 bits per heavy atom. The third-order valence-electron chi connectivity index (χ3n) is 2.93. The van der Waals surface area contributed by atoms with Gasteiger partial charge >= 0.3 is 5.82 Å². The average Bonchev–Trinajstić information content (AvgIpc) is 3.09. The van der Waals surface area contributed by atoms with E-state index in [9.17, 15) is 14.9 Å². The number of hydrogen-bond donors (Lipinski definition) is 1. The lowest BCUT2D eigenvalue weighted by Crippen LogP contribution is -2.24. The first-order valence-corrected chi connectivity index (χ1v) is 7.45. The van der Waals surface area contributed by atoms with Crippen LogP contribution in [0, 0.1) is 10.1 Å². The van der Waals surface area contributed by atoms with E-state index in [2.05, 4.69) is 31.4 Å². The number of carbonyl (C=O) groups excluding carboxylic acids is 1. The zero-order valence-corrected chi connectivity index (χ0v) is 13.5. The van der Waals surface area contributed by atoms with E-state index in [4.69, 9.17) is 0 Å². The number of hydrogen-bond acceptors (Lipinski definition) is 5. The molecule has 2 heterocycles. The summed E-state index contributed by atoms with van der Waals surface area (Å²) in [6, 6.07) is 1.84. The number of nitrogens with zero attached hydrogens (tertiary/aromatic N) is 5. The van der Waals surface area contributed by atoms with Crippen LogP contribution < -0.4 is 5.32 Å². The molecule has 0 unspecified atom stereocenters. The van der Waals surface area contributed by atoms with Crippen LogP contribution in [0.2, 0.25) is 0 Å². The first-order valence-electron chi connectivity index (χ1n) is 6.66. The summed E-state index contributed by atoms with van der Waals surface area (Å²) in [5.74, 6) is -0.425. The molecule has 0 saturated carbocycles. The van der Waals surface area contributed by atoms with Gasteiger partial charge < -0.3 is 15.4 Å². The van der Waals surface area contributed by atoms with Crippen molar-refractivity contribution in [3.05, 3.63) is 38.7 Å². The Kier molecular flexibility index (Phi) is 5.26. The summed E-state index contributed by atoms with van der Waals surface area (Å²) in [6.07, 6.45) is 3.51. The van der Waals surface area contributed by atoms with Gasteiger partial charge in [0.1, 0.15) is 4.47 Å². The second-order valence-corrected chi connectivity index (χ2v) is 5.36. The van der Waals surface area contributed by atoms with E-state index in [0.717, 1.165) is 12.2 Å². The molecule has 0 aliphatic rings. The van der Waals surface area contributed by atoms with Gasteiger partial charge in [0.15, 0.2) is 0 Å². The van der Waals surface area contributed by atoms with Crippen molar-refractivity contribution in [1.82, 2.24) is 24.9 Å². The van der Waals surface area contributed by atoms with E-state index in [-0.39, 0.29) is 24.7 Å². The molecular formula is C12H15BrN6O3. The molecule has 0 atom stereocenters. The Balaban J connectivity index is 1.80. The minimum atomic E-state index is -0.579. The molecule has 10 heteroatoms. The lowest BCUT2D eigenvalue weighted by Gasteiger charge is -2.02. The van der Waals surface area contributed by atoms with E-state index in [1.54, 1.807) is 4.68 Å². The van der Waals surface area contributed by atoms with Crippen molar-refractivity contribution < 1.29 is 9.72 Å². The molecule has 118 valence electrons. The molecule has 0 aromatic carbocycles. The predicted molar refractivity (Wildman–Crippen MR) is 80.9 cm³/mol. The van der Waals surface area contributed by atoms with E-state index < -0.39 is 4.92 Å². The Morgan fingerprint density at radius 2 is 2.23 bits per heavy atom. The van der Waals surface area contributed by atoms with Crippen LogP contribution in [-0.2, 0) is 24.4 Å². The third kappa shape index (κ3) is 4.13. The number of carbonyl (C=O) groups is 1. The molecular weight excluding hydrogens is 356 g/mol. The van der Waals surface area contributed by atoms with Crippen molar-refractivity contribution in [2.24, 2.45) is 0 Å². The second kappa shape index (κ2) is 7.16. The van der Waals surface area contributed by atoms with Gasteiger partial charge in [0.25, 0.3) is 0 Å². The molecule has 0 saturated heterocycles. The molecule has 2 aromatic rings. The number of rotatable bonds is 7. The van der Waals surface area contributed by atoms with Crippen LogP contribution in [0.25, 0.3) is 0 Å². The Morgan fingerprint density at radius 3 is 2.82 bits per heavy atom. The Labute approximate surface area is 134 Å². The smallest absolute Gasteiger partial charge is 0.358 e. The fourth-order valence-electron chi connectivity index (χ4n) is 1.79. The number of aromatic nitrogens is 4. The topological polar surface area (TPSA) is 108 Å². The predicted octanol–water partition coefficient (Wildman–Crippen LogP) is 1.48. The summed E-state index contributed by atoms with van der Waals surface area (Å²) in [4.78, 5) is 21.9. The number of aryl methyl sites for hydroxylation is 2. The van der Waals surface area contributed by atoms with E-state index >= 15 is 0 Å². The summed E-state index contributed by atoms with van der Waals surface area (Å²) in [5, 5.41) is 21.5. The van der Waals surface area contributed by atoms with Crippen LogP contribution in [0.1, 0.15) is 19.0 Å². The molecule has 2 aromatic heterocycles. The minimum absolute atomic E-state index is 0.166. The van der Waals surface area contributed by atoms with Crippen molar-refractivity contribution >= 4 is 27.7 Å². The fraction of sp³-hybridized carbons (Fsp3) is 0.417. The SMILES string of the molecule is CCn1ccc(CNC(=O)CCn2cc(Br)c([N+](=O)[O-])n2)n1. The lowest BCUT2D eigenvalue weighted by molar-refractivity contribution is -0.390. The van der Waals surface area contributed by atoms with Gasteiger partial charge in [-0.2, -0.15) is 9.78 Å². The highest BCUT2D eigenvalue weighted by Gasteiger charge is 2.18. The maximum Gasteiger partial charge on any atom is 0.404 e. The first-order chi connectivity index (χ1) is 10.5. The molecule has 0 spiro atoms. The summed E-state index contributed by atoms with van der Waals surface area (Å²) in [7, 11) is 0. The van der Waals surface area contributed by atoms with Crippen LogP contribution in [0.15, 0.2) is 22.9 Å². The Bertz CT molecular complexity index is 680. The van der Waals surface area contributed by atoms with Gasteiger partial charge in [-0.3, -0.25) is 9.48 Å². The molecule has 2 rings (SSSR count). The van der Waals surface area contributed by atoms with Gasteiger partial charge in [0, 0.05) is 19.2 Å². The Hall–Kier alpha value is -2.23. The second-order valence-electron chi connectivity index (χ2n) is 4.51. The summed E-state index contributed by atoms with van der Waals surface area (Å²) >= 11 is 3.06. The maximum atomic E-state index is 11.8. The van der Waals surface area contributed by atoms with Crippen LogP contribution in [0.4, 0.5) is 5.82 Å². The van der Waals surface area contributed by atoms with E-state index in [1.807, 2.05) is 19.2 Å². The van der Waals surface area contributed by atoms with Crippen LogP contribution in [-0.4, -0.2) is 30.4 Å². The largest absolute Gasteiger partial charge is 0.404 e. The number of halogens is 1. The first kappa shape index (κ1) is 16.1. The maximum absolute atomic E-state index is 11.8. The van der Waals surface area contributed by atoms with Crippen LogP contribution in [0.5, 0.6) is 0 Å². The quantitative estimate of drug-likeness (QED) is 0.586. The molecule has 0 radical (unpaired) electrons. The molecule has 22 heavy (non-hydrogen) atoms. The van der Waals surface area contributed by atoms with Crippen molar-refractivity contribution in [2.45, 2.75) is 33.0 Å². The molecule has 9 nitrogen and oxygen atoms in total. The number of nitro groups is 1. The normalized spacial score (nSPS) is 10.6. The average molecular weight is 371 g/mol. The van der Waals surface area contributed by atoms with Crippen molar-refractivity contribution in [1.29, 1.82) is 0 Å². The van der Waals surface area contributed by atoms with E-state index in [1.165, 1.54) is 10.9 Å². The van der Waals surface area contributed by atoms with Crippen LogP contribution >= 0.6 is 15.9 Å². The van der Waals surface area contributed by atoms with Crippen LogP contribution in [0.3, 0.4) is 0 Å². The van der Waals surface area contributed by atoms with Gasteiger partial charge in [0.05, 0.1) is 30.1 Å². The third-order valence-corrected chi connectivity index (χ3v) is 3.49. The van der Waals surface area contributed by atoms with Crippen molar-refractivity contribution in [3.8, 4) is 0 Å². The molecule has 1 N–H and O–H groups in total. The van der Waals surface area contributed by atoms with Crippen molar-refractivity contribution in [3.63, 3.8) is 0 Å². The highest BCUT2D eigenvalue weighted by molar-refractivity contribution is 9.10. The monoisotopic (exact) mass is 370 g/mol. The standard InChI is InChI=1S/C12H15BrN6O3/c1-2-17-5-3-9(15-17)7-14-11(20)4-6-18-8-10(13)12(16-18)19(21)22/h3,5,8H,2,4,6-7H2,1H3,(H,14,20). The molecule has 0 aliphatic carbocycles. The van der Waals surface area contributed by atoms with E-state index in [0.29, 0.717) is 11.0 Å². The summed E-state index contributed by atoms with van der Waals surface area (Å²) < 4.78 is 3.44. The zero-order chi connectivity index (χ0) is 16.1. The lowest BCUT2D eigenvalue weighted by atomic mass is 10.3. The molecule has 0 fully saturated rings. The molecule has 0 aliphatic heterocycles. The molecule has 1 amide bonds. The van der Waals surface area contributed by atoms with Gasteiger partial charge in [-0.25, -0.2) is 0 Å². The van der Waals surface area contributed by atoms with Crippen molar-refractivity contribution in [2.75, 3.05) is 0 Å². The van der Waals surface area contributed by atoms with Gasteiger partial charge in [-0.1, -0.05) is 0 Å². The van der Waals surface area contributed by atoms with Gasteiger partial charge in [0.2, 0.25) is 5.91 Å². The number of amides is 1. The highest BCUT2D eigenvalue weighted by atomic mass is 79.9. The zero-order valence-electron chi connectivity index (χ0n) is 11.9. The highest BCUT2D eigenvalue weighted by Crippen LogP contribution is 2.21. The summed E-state index contributed by atoms with van der Waals surface area (Å²) in [5.41, 5.74) is 0.785. The minimum Gasteiger partial charge on any atom is -0.358 e. The number of nitrogens with one attached hydrogen (secondary N) is 1. The molecule has 0 bridgehead atoms. The van der Waals surface area contributed by atoms with Gasteiger partial charge in [-0.05, 0) is 33.8 Å². The summed E-state index contributed by atoms with van der Waals surface area (Å²) in [6.45, 7) is 3.38.